The third-order valence-electron chi connectivity index (χ3n) is 3.23. The zero-order valence-corrected chi connectivity index (χ0v) is 13.4. The Morgan fingerprint density at radius 2 is 1.85 bits per heavy atom. The van der Waals surface area contributed by atoms with Crippen LogP contribution < -0.4 is 4.90 Å². The molecule has 0 bridgehead atoms. The van der Waals surface area contributed by atoms with Gasteiger partial charge >= 0.3 is 0 Å². The van der Waals surface area contributed by atoms with Crippen LogP contribution in [-0.4, -0.2) is 5.91 Å². The van der Waals surface area contributed by atoms with Crippen molar-refractivity contribution in [2.75, 3.05) is 4.90 Å². The van der Waals surface area contributed by atoms with Gasteiger partial charge < -0.3 is 0 Å². The smallest absolute Gasteiger partial charge is 0.251 e. The van der Waals surface area contributed by atoms with Crippen LogP contribution in [0.5, 0.6) is 0 Å². The van der Waals surface area contributed by atoms with E-state index in [1.165, 1.54) is 0 Å². The van der Waals surface area contributed by atoms with Crippen LogP contribution in [0.15, 0.2) is 60.7 Å². The summed E-state index contributed by atoms with van der Waals surface area (Å²) in [6.45, 7) is 0. The Labute approximate surface area is 136 Å². The normalized spacial score (nSPS) is 17.8. The van der Waals surface area contributed by atoms with E-state index in [4.69, 9.17) is 11.6 Å². The minimum atomic E-state index is -0.0713. The molecule has 0 N–H and O–H groups in total. The molecule has 1 heterocycles. The van der Waals surface area contributed by atoms with Gasteiger partial charge in [-0.1, -0.05) is 35.9 Å². The van der Waals surface area contributed by atoms with E-state index in [1.54, 1.807) is 11.0 Å². The summed E-state index contributed by atoms with van der Waals surface area (Å²) in [4.78, 5) is 13.9. The predicted molar refractivity (Wildman–Crippen MR) is 90.0 cm³/mol. The average Bonchev–Trinajstić information content (AvgIpc) is 2.81. The van der Waals surface area contributed by atoms with E-state index in [1.807, 2.05) is 54.6 Å². The van der Waals surface area contributed by atoms with Crippen LogP contribution in [0, 0.1) is 3.57 Å². The number of rotatable bonds is 2. The molecule has 2 aromatic carbocycles. The van der Waals surface area contributed by atoms with Gasteiger partial charge in [0.15, 0.2) is 0 Å². The number of benzene rings is 2. The second-order valence-electron chi connectivity index (χ2n) is 4.54. The van der Waals surface area contributed by atoms with Gasteiger partial charge in [-0.15, -0.1) is 0 Å². The fourth-order valence-corrected chi connectivity index (χ4v) is 2.96. The topological polar surface area (TPSA) is 20.3 Å². The second-order valence-corrected chi connectivity index (χ2v) is 6.23. The number of carbonyl (C=O) groups is 1. The van der Waals surface area contributed by atoms with Crippen molar-refractivity contribution in [1.29, 1.82) is 0 Å². The van der Waals surface area contributed by atoms with Crippen molar-refractivity contribution in [3.05, 3.63) is 74.8 Å². The summed E-state index contributed by atoms with van der Waals surface area (Å²) in [6.07, 6.45) is 3.55. The van der Waals surface area contributed by atoms with Crippen LogP contribution in [0.3, 0.4) is 0 Å². The standard InChI is InChI=1S/C16H11ClINO/c17-12-6-4-11(5-7-12)15-8-9-16(20)19(15)14-3-1-2-13(18)10-14/h1-10,15H. The third kappa shape index (κ3) is 2.60. The van der Waals surface area contributed by atoms with Gasteiger partial charge in [-0.3, -0.25) is 9.69 Å². The first kappa shape index (κ1) is 13.6. The van der Waals surface area contributed by atoms with E-state index in [0.29, 0.717) is 5.02 Å². The second kappa shape index (κ2) is 5.58. The van der Waals surface area contributed by atoms with Gasteiger partial charge in [0.05, 0.1) is 6.04 Å². The zero-order chi connectivity index (χ0) is 14.1. The number of anilines is 1. The molecule has 0 aromatic heterocycles. The van der Waals surface area contributed by atoms with Gasteiger partial charge in [0.25, 0.3) is 5.91 Å². The Balaban J connectivity index is 2.00. The third-order valence-corrected chi connectivity index (χ3v) is 4.16. The van der Waals surface area contributed by atoms with E-state index in [9.17, 15) is 4.79 Å². The zero-order valence-electron chi connectivity index (χ0n) is 10.5. The molecule has 0 aliphatic carbocycles. The number of amides is 1. The van der Waals surface area contributed by atoms with Crippen LogP contribution in [0.1, 0.15) is 11.6 Å². The maximum absolute atomic E-state index is 12.1. The van der Waals surface area contributed by atoms with Crippen molar-refractivity contribution in [1.82, 2.24) is 0 Å². The average molecular weight is 396 g/mol. The highest BCUT2D eigenvalue weighted by atomic mass is 127. The van der Waals surface area contributed by atoms with E-state index in [0.717, 1.165) is 14.8 Å². The molecule has 0 saturated carbocycles. The Morgan fingerprint density at radius 3 is 2.55 bits per heavy atom. The fourth-order valence-electron chi connectivity index (χ4n) is 2.31. The molecular weight excluding hydrogens is 385 g/mol. The molecule has 20 heavy (non-hydrogen) atoms. The monoisotopic (exact) mass is 395 g/mol. The molecule has 1 aliphatic rings. The summed E-state index contributed by atoms with van der Waals surface area (Å²) in [7, 11) is 0. The highest BCUT2D eigenvalue weighted by Gasteiger charge is 2.28. The van der Waals surface area contributed by atoms with Crippen molar-refractivity contribution in [3.63, 3.8) is 0 Å². The lowest BCUT2D eigenvalue weighted by Gasteiger charge is -2.25. The number of nitrogens with zero attached hydrogens (tertiary/aromatic N) is 1. The van der Waals surface area contributed by atoms with Crippen molar-refractivity contribution in [2.45, 2.75) is 6.04 Å². The number of carbonyl (C=O) groups excluding carboxylic acids is 1. The molecule has 1 amide bonds. The molecule has 0 saturated heterocycles. The first-order chi connectivity index (χ1) is 9.65. The highest BCUT2D eigenvalue weighted by Crippen LogP contribution is 2.33. The van der Waals surface area contributed by atoms with Gasteiger partial charge in [-0.05, 0) is 58.5 Å². The summed E-state index contributed by atoms with van der Waals surface area (Å²) in [6, 6.07) is 15.5. The van der Waals surface area contributed by atoms with Crippen LogP contribution in [0.4, 0.5) is 5.69 Å². The van der Waals surface area contributed by atoms with Gasteiger partial charge in [0.2, 0.25) is 0 Å². The fraction of sp³-hybridized carbons (Fsp3) is 0.0625. The Morgan fingerprint density at radius 1 is 1.10 bits per heavy atom. The molecule has 2 aromatic rings. The Kier molecular flexibility index (Phi) is 3.81. The molecule has 1 aliphatic heterocycles. The SMILES string of the molecule is O=C1C=CC(c2ccc(Cl)cc2)N1c1cccc(I)c1. The Hall–Kier alpha value is -1.33. The lowest BCUT2D eigenvalue weighted by molar-refractivity contribution is -0.113. The van der Waals surface area contributed by atoms with Gasteiger partial charge in [0, 0.05) is 20.4 Å². The quantitative estimate of drug-likeness (QED) is 0.681. The van der Waals surface area contributed by atoms with E-state index < -0.39 is 0 Å². The maximum atomic E-state index is 12.1. The van der Waals surface area contributed by atoms with Crippen LogP contribution in [-0.2, 0) is 4.79 Å². The summed E-state index contributed by atoms with van der Waals surface area (Å²) in [5, 5.41) is 0.697. The molecule has 4 heteroatoms. The first-order valence-corrected chi connectivity index (χ1v) is 7.63. The van der Waals surface area contributed by atoms with Crippen LogP contribution >= 0.6 is 34.2 Å². The molecule has 0 radical (unpaired) electrons. The van der Waals surface area contributed by atoms with Crippen molar-refractivity contribution in [2.24, 2.45) is 0 Å². The highest BCUT2D eigenvalue weighted by molar-refractivity contribution is 14.1. The van der Waals surface area contributed by atoms with Gasteiger partial charge in [-0.2, -0.15) is 0 Å². The molecule has 1 atom stereocenters. The molecule has 2 nitrogen and oxygen atoms in total. The number of hydrogen-bond acceptors (Lipinski definition) is 1. The molecule has 1 unspecified atom stereocenters. The van der Waals surface area contributed by atoms with Gasteiger partial charge in [-0.25, -0.2) is 0 Å². The van der Waals surface area contributed by atoms with Crippen LogP contribution in [0.25, 0.3) is 0 Å². The van der Waals surface area contributed by atoms with Crippen molar-refractivity contribution < 1.29 is 4.79 Å². The first-order valence-electron chi connectivity index (χ1n) is 6.17. The van der Waals surface area contributed by atoms with E-state index in [-0.39, 0.29) is 11.9 Å². The van der Waals surface area contributed by atoms with Crippen LogP contribution in [0.2, 0.25) is 5.02 Å². The van der Waals surface area contributed by atoms with Crippen molar-refractivity contribution >= 4 is 45.8 Å². The van der Waals surface area contributed by atoms with E-state index in [2.05, 4.69) is 22.6 Å². The lowest BCUT2D eigenvalue weighted by Crippen LogP contribution is -2.28. The molecule has 3 rings (SSSR count). The molecular formula is C16H11ClINO. The molecule has 0 spiro atoms. The minimum Gasteiger partial charge on any atom is -0.298 e. The predicted octanol–water partition coefficient (Wildman–Crippen LogP) is 4.59. The summed E-state index contributed by atoms with van der Waals surface area (Å²) in [5.74, 6) is 0.00644. The number of hydrogen-bond donors (Lipinski definition) is 0. The summed E-state index contributed by atoms with van der Waals surface area (Å²) >= 11 is 8.17. The number of halogens is 2. The summed E-state index contributed by atoms with van der Waals surface area (Å²) in [5.41, 5.74) is 1.96. The van der Waals surface area contributed by atoms with Gasteiger partial charge in [0.1, 0.15) is 0 Å². The van der Waals surface area contributed by atoms with E-state index >= 15 is 0 Å². The molecule has 0 fully saturated rings. The Bertz CT molecular complexity index is 681. The maximum Gasteiger partial charge on any atom is 0.251 e. The molecule has 100 valence electrons. The minimum absolute atomic E-state index is 0.00644. The summed E-state index contributed by atoms with van der Waals surface area (Å²) < 4.78 is 1.11. The lowest BCUT2D eigenvalue weighted by atomic mass is 10.1. The van der Waals surface area contributed by atoms with Crippen molar-refractivity contribution in [3.8, 4) is 0 Å². The largest absolute Gasteiger partial charge is 0.298 e.